The highest BCUT2D eigenvalue weighted by atomic mass is 16.2. The number of hydrogen-bond donors (Lipinski definition) is 0. The van der Waals surface area contributed by atoms with Crippen LogP contribution in [-0.2, 0) is 22.0 Å². The van der Waals surface area contributed by atoms with E-state index in [1.165, 1.54) is 17.1 Å². The lowest BCUT2D eigenvalue weighted by atomic mass is 9.77. The topological polar surface area (TPSA) is 52.6 Å². The fourth-order valence-corrected chi connectivity index (χ4v) is 5.04. The number of fused-ring (bicyclic) bond motifs is 2. The van der Waals surface area contributed by atoms with Crippen LogP contribution in [0.4, 0.5) is 5.82 Å². The van der Waals surface area contributed by atoms with Crippen molar-refractivity contribution >= 4 is 11.7 Å². The minimum absolute atomic E-state index is 0.0174. The Balaban J connectivity index is 1.78. The van der Waals surface area contributed by atoms with Gasteiger partial charge in [0.1, 0.15) is 11.6 Å². The number of anilines is 1. The molecule has 2 aliphatic heterocycles. The number of likely N-dealkylation sites (tertiary alicyclic amines) is 1. The van der Waals surface area contributed by atoms with Crippen LogP contribution in [-0.4, -0.2) is 72.0 Å². The van der Waals surface area contributed by atoms with Gasteiger partial charge in [0.05, 0.1) is 5.69 Å². The first-order valence-electron chi connectivity index (χ1n) is 10.8. The van der Waals surface area contributed by atoms with Crippen LogP contribution in [0.3, 0.4) is 0 Å². The summed E-state index contributed by atoms with van der Waals surface area (Å²) in [6, 6.07) is 0. The Morgan fingerprint density at radius 1 is 1.04 bits per heavy atom. The van der Waals surface area contributed by atoms with Gasteiger partial charge in [0, 0.05) is 62.6 Å². The molecule has 0 bridgehead atoms. The van der Waals surface area contributed by atoms with E-state index in [9.17, 15) is 4.79 Å². The molecule has 6 heteroatoms. The van der Waals surface area contributed by atoms with Crippen molar-refractivity contribution in [1.82, 2.24) is 19.8 Å². The summed E-state index contributed by atoms with van der Waals surface area (Å²) < 4.78 is 0. The SMILES string of the molecule is CC(=O)N1CCCC2(CCc3c(N4CCN(C)CC4)nc(C(C)(C)C)nc32)C1. The first-order valence-corrected chi connectivity index (χ1v) is 10.8. The minimum atomic E-state index is -0.0882. The number of piperazine rings is 1. The van der Waals surface area contributed by atoms with E-state index in [0.717, 1.165) is 70.8 Å². The van der Waals surface area contributed by atoms with Crippen LogP contribution in [0.1, 0.15) is 64.0 Å². The third-order valence-corrected chi connectivity index (χ3v) is 6.84. The van der Waals surface area contributed by atoms with Crippen molar-refractivity contribution in [1.29, 1.82) is 0 Å². The molecule has 4 rings (SSSR count). The number of likely N-dealkylation sites (N-methyl/N-ethyl adjacent to an activating group) is 1. The zero-order valence-electron chi connectivity index (χ0n) is 18.2. The summed E-state index contributed by atoms with van der Waals surface area (Å²) in [4.78, 5) is 29.3. The summed E-state index contributed by atoms with van der Waals surface area (Å²) in [6.07, 6.45) is 4.33. The van der Waals surface area contributed by atoms with Crippen LogP contribution >= 0.6 is 0 Å². The van der Waals surface area contributed by atoms with Crippen LogP contribution in [0.25, 0.3) is 0 Å². The summed E-state index contributed by atoms with van der Waals surface area (Å²) in [6.45, 7) is 14.2. The van der Waals surface area contributed by atoms with Gasteiger partial charge in [-0.3, -0.25) is 4.79 Å². The zero-order valence-corrected chi connectivity index (χ0v) is 18.2. The molecule has 2 fully saturated rings. The zero-order chi connectivity index (χ0) is 20.1. The molecule has 154 valence electrons. The Kier molecular flexibility index (Phi) is 4.89. The van der Waals surface area contributed by atoms with Crippen LogP contribution in [0, 0.1) is 0 Å². The first-order chi connectivity index (χ1) is 13.2. The van der Waals surface area contributed by atoms with Crippen molar-refractivity contribution in [2.45, 2.75) is 64.2 Å². The fourth-order valence-electron chi connectivity index (χ4n) is 5.04. The van der Waals surface area contributed by atoms with Gasteiger partial charge in [0.15, 0.2) is 0 Å². The van der Waals surface area contributed by atoms with E-state index in [0.29, 0.717) is 0 Å². The van der Waals surface area contributed by atoms with Gasteiger partial charge in [-0.2, -0.15) is 0 Å². The molecule has 0 saturated carbocycles. The van der Waals surface area contributed by atoms with Crippen molar-refractivity contribution in [3.63, 3.8) is 0 Å². The molecule has 0 aromatic carbocycles. The van der Waals surface area contributed by atoms with E-state index in [4.69, 9.17) is 9.97 Å². The van der Waals surface area contributed by atoms with Gasteiger partial charge in [0.25, 0.3) is 0 Å². The van der Waals surface area contributed by atoms with Crippen LogP contribution in [0.15, 0.2) is 0 Å². The average molecular weight is 386 g/mol. The molecule has 2 saturated heterocycles. The van der Waals surface area contributed by atoms with Crippen molar-refractivity contribution in [3.05, 3.63) is 17.1 Å². The molecular weight excluding hydrogens is 350 g/mol. The monoisotopic (exact) mass is 385 g/mol. The van der Waals surface area contributed by atoms with Crippen LogP contribution < -0.4 is 4.90 Å². The average Bonchev–Trinajstić information content (AvgIpc) is 2.99. The molecule has 1 aromatic rings. The largest absolute Gasteiger partial charge is 0.354 e. The predicted octanol–water partition coefficient (Wildman–Crippen LogP) is 2.35. The summed E-state index contributed by atoms with van der Waals surface area (Å²) >= 11 is 0. The highest BCUT2D eigenvalue weighted by Crippen LogP contribution is 2.47. The Morgan fingerprint density at radius 2 is 1.75 bits per heavy atom. The van der Waals surface area contributed by atoms with Crippen molar-refractivity contribution in [2.24, 2.45) is 0 Å². The molecular formula is C22H35N5O. The van der Waals surface area contributed by atoms with Gasteiger partial charge >= 0.3 is 0 Å². The fraction of sp³-hybridized carbons (Fsp3) is 0.773. The van der Waals surface area contributed by atoms with Gasteiger partial charge in [-0.15, -0.1) is 0 Å². The third-order valence-electron chi connectivity index (χ3n) is 6.84. The first kappa shape index (κ1) is 19.6. The predicted molar refractivity (Wildman–Crippen MR) is 112 cm³/mol. The van der Waals surface area contributed by atoms with E-state index in [-0.39, 0.29) is 16.7 Å². The maximum Gasteiger partial charge on any atom is 0.219 e. The maximum atomic E-state index is 12.1. The number of nitrogens with zero attached hydrogens (tertiary/aromatic N) is 5. The molecule has 1 aromatic heterocycles. The van der Waals surface area contributed by atoms with E-state index >= 15 is 0 Å². The highest BCUT2D eigenvalue weighted by Gasteiger charge is 2.46. The molecule has 28 heavy (non-hydrogen) atoms. The molecule has 1 unspecified atom stereocenters. The molecule has 3 aliphatic rings. The number of amides is 1. The summed E-state index contributed by atoms with van der Waals surface area (Å²) in [7, 11) is 2.19. The quantitative estimate of drug-likeness (QED) is 0.743. The second-order valence-corrected chi connectivity index (χ2v) is 10.1. The molecule has 1 amide bonds. The Labute approximate surface area is 169 Å². The smallest absolute Gasteiger partial charge is 0.219 e. The highest BCUT2D eigenvalue weighted by molar-refractivity contribution is 5.73. The van der Waals surface area contributed by atoms with Crippen molar-refractivity contribution in [3.8, 4) is 0 Å². The second kappa shape index (κ2) is 6.97. The normalized spacial score (nSPS) is 26.0. The van der Waals surface area contributed by atoms with Crippen LogP contribution in [0.5, 0.6) is 0 Å². The molecule has 0 radical (unpaired) electrons. The number of rotatable bonds is 1. The maximum absolute atomic E-state index is 12.1. The number of carbonyl (C=O) groups excluding carboxylic acids is 1. The number of aromatic nitrogens is 2. The van der Waals surface area contributed by atoms with Crippen LogP contribution in [0.2, 0.25) is 0 Å². The number of piperidine rings is 1. The summed E-state index contributed by atoms with van der Waals surface area (Å²) in [5.74, 6) is 2.30. The van der Waals surface area contributed by atoms with Gasteiger partial charge in [-0.1, -0.05) is 20.8 Å². The van der Waals surface area contributed by atoms with Gasteiger partial charge < -0.3 is 14.7 Å². The standard InChI is InChI=1S/C22H35N5O/c1-16(28)27-10-6-8-22(15-27)9-7-17-18(22)23-20(21(2,3)4)24-19(17)26-13-11-25(5)12-14-26/h6-15H2,1-5H3. The Bertz CT molecular complexity index is 763. The van der Waals surface area contributed by atoms with Gasteiger partial charge in [-0.05, 0) is 32.7 Å². The van der Waals surface area contributed by atoms with Gasteiger partial charge in [0.2, 0.25) is 5.91 Å². The summed E-state index contributed by atoms with van der Waals surface area (Å²) in [5, 5.41) is 0. The molecule has 1 aliphatic carbocycles. The molecule has 3 heterocycles. The van der Waals surface area contributed by atoms with Crippen molar-refractivity contribution < 1.29 is 4.79 Å². The summed E-state index contributed by atoms with van der Waals surface area (Å²) in [5.41, 5.74) is 2.52. The third kappa shape index (κ3) is 3.40. The second-order valence-electron chi connectivity index (χ2n) is 10.1. The Morgan fingerprint density at radius 3 is 2.39 bits per heavy atom. The van der Waals surface area contributed by atoms with E-state index in [2.05, 4.69) is 37.6 Å². The van der Waals surface area contributed by atoms with Crippen molar-refractivity contribution in [2.75, 3.05) is 51.2 Å². The van der Waals surface area contributed by atoms with E-state index in [1.54, 1.807) is 6.92 Å². The number of carbonyl (C=O) groups is 1. The van der Waals surface area contributed by atoms with Gasteiger partial charge in [-0.25, -0.2) is 9.97 Å². The van der Waals surface area contributed by atoms with E-state index < -0.39 is 0 Å². The molecule has 6 nitrogen and oxygen atoms in total. The minimum Gasteiger partial charge on any atom is -0.354 e. The van der Waals surface area contributed by atoms with E-state index in [1.807, 2.05) is 4.90 Å². The number of hydrogen-bond acceptors (Lipinski definition) is 5. The molecule has 0 N–H and O–H groups in total. The lowest BCUT2D eigenvalue weighted by Gasteiger charge is -2.41. The Hall–Kier alpha value is -1.69. The lowest BCUT2D eigenvalue weighted by Crippen LogP contribution is -2.48. The molecule has 1 spiro atoms. The molecule has 1 atom stereocenters. The lowest BCUT2D eigenvalue weighted by molar-refractivity contribution is -0.131.